The lowest BCUT2D eigenvalue weighted by Gasteiger charge is -2.21. The van der Waals surface area contributed by atoms with Crippen molar-refractivity contribution in [2.45, 2.75) is 60.4 Å². The van der Waals surface area contributed by atoms with Gasteiger partial charge in [-0.15, -0.1) is 0 Å². The predicted molar refractivity (Wildman–Crippen MR) is 108 cm³/mol. The van der Waals surface area contributed by atoms with Crippen molar-refractivity contribution in [3.63, 3.8) is 0 Å². The Morgan fingerprint density at radius 3 is 2.15 bits per heavy atom. The van der Waals surface area contributed by atoms with Gasteiger partial charge in [-0.05, 0) is 57.7 Å². The Bertz CT molecular complexity index is 788. The molecule has 0 aliphatic carbocycles. The molecule has 2 rings (SSSR count). The molecule has 0 bridgehead atoms. The van der Waals surface area contributed by atoms with E-state index in [1.807, 2.05) is 26.8 Å². The zero-order valence-corrected chi connectivity index (χ0v) is 16.5. The van der Waals surface area contributed by atoms with E-state index in [0.29, 0.717) is 11.5 Å². The molecule has 2 aromatic rings. The molecule has 5 heteroatoms. The van der Waals surface area contributed by atoms with Crippen molar-refractivity contribution >= 4 is 23.2 Å². The zero-order chi connectivity index (χ0) is 19.4. The third-order valence-electron chi connectivity index (χ3n) is 4.63. The summed E-state index contributed by atoms with van der Waals surface area (Å²) in [6.45, 7) is 12.1. The molecule has 140 valence electrons. The number of carboxylic acids is 1. The van der Waals surface area contributed by atoms with E-state index < -0.39 is 5.97 Å². The Labute approximate surface area is 155 Å². The Morgan fingerprint density at radius 1 is 1.08 bits per heavy atom. The first-order valence-electron chi connectivity index (χ1n) is 9.13. The average molecular weight is 355 g/mol. The summed E-state index contributed by atoms with van der Waals surface area (Å²) in [5, 5.41) is 16.5. The third kappa shape index (κ3) is 4.34. The molecule has 1 aromatic heterocycles. The van der Waals surface area contributed by atoms with E-state index in [-0.39, 0.29) is 11.6 Å². The summed E-state index contributed by atoms with van der Waals surface area (Å²) in [5.74, 6) is -0.614. The number of nitrogens with zero attached hydrogens (tertiary/aromatic N) is 1. The first-order chi connectivity index (χ1) is 12.3. The minimum atomic E-state index is -0.990. The maximum atomic E-state index is 12.0. The SMILES string of the molecule is CCC(CC)Nc1cc(C)nc(Nc2c(C)cc(C)cc2C)c1C(=O)O. The molecule has 1 aromatic carbocycles. The van der Waals surface area contributed by atoms with Gasteiger partial charge >= 0.3 is 5.97 Å². The number of benzene rings is 1. The van der Waals surface area contributed by atoms with E-state index >= 15 is 0 Å². The molecule has 0 amide bonds. The monoisotopic (exact) mass is 355 g/mol. The topological polar surface area (TPSA) is 74.2 Å². The Balaban J connectivity index is 2.55. The summed E-state index contributed by atoms with van der Waals surface area (Å²) >= 11 is 0. The molecule has 0 spiro atoms. The van der Waals surface area contributed by atoms with Gasteiger partial charge in [-0.2, -0.15) is 0 Å². The van der Waals surface area contributed by atoms with Crippen LogP contribution in [0.25, 0.3) is 0 Å². The lowest BCUT2D eigenvalue weighted by Crippen LogP contribution is -2.20. The lowest BCUT2D eigenvalue weighted by molar-refractivity contribution is 0.0698. The van der Waals surface area contributed by atoms with E-state index in [2.05, 4.69) is 48.5 Å². The third-order valence-corrected chi connectivity index (χ3v) is 4.63. The van der Waals surface area contributed by atoms with E-state index in [1.54, 1.807) is 0 Å². The number of aryl methyl sites for hydroxylation is 4. The average Bonchev–Trinajstić information content (AvgIpc) is 2.55. The molecule has 0 unspecified atom stereocenters. The van der Waals surface area contributed by atoms with Crippen molar-refractivity contribution in [1.29, 1.82) is 0 Å². The van der Waals surface area contributed by atoms with Gasteiger partial charge in [0.05, 0.1) is 5.69 Å². The number of hydrogen-bond acceptors (Lipinski definition) is 4. The summed E-state index contributed by atoms with van der Waals surface area (Å²) in [7, 11) is 0. The van der Waals surface area contributed by atoms with Crippen LogP contribution in [0.5, 0.6) is 0 Å². The van der Waals surface area contributed by atoms with Crippen LogP contribution in [0.1, 0.15) is 59.4 Å². The van der Waals surface area contributed by atoms with Crippen LogP contribution in [0, 0.1) is 27.7 Å². The van der Waals surface area contributed by atoms with Crippen molar-refractivity contribution in [2.75, 3.05) is 10.6 Å². The van der Waals surface area contributed by atoms with Gasteiger partial charge in [0.15, 0.2) is 0 Å². The second kappa shape index (κ2) is 8.21. The fraction of sp³-hybridized carbons (Fsp3) is 0.429. The van der Waals surface area contributed by atoms with Gasteiger partial charge in [0, 0.05) is 17.4 Å². The standard InChI is InChI=1S/C21H29N3O2/c1-7-16(8-2)23-17-11-15(6)22-20(18(17)21(25)26)24-19-13(4)9-12(3)10-14(19)5/h9-11,16H,7-8H2,1-6H3,(H,25,26)(H2,22,23,24). The molecule has 1 heterocycles. The fourth-order valence-corrected chi connectivity index (χ4v) is 3.30. The highest BCUT2D eigenvalue weighted by Gasteiger charge is 2.21. The molecule has 0 atom stereocenters. The van der Waals surface area contributed by atoms with E-state index in [1.165, 1.54) is 5.56 Å². The first-order valence-corrected chi connectivity index (χ1v) is 9.13. The Kier molecular flexibility index (Phi) is 6.24. The second-order valence-electron chi connectivity index (χ2n) is 6.90. The van der Waals surface area contributed by atoms with Crippen molar-refractivity contribution in [3.8, 4) is 0 Å². The van der Waals surface area contributed by atoms with Gasteiger partial charge in [-0.1, -0.05) is 31.5 Å². The van der Waals surface area contributed by atoms with Crippen molar-refractivity contribution in [3.05, 3.63) is 46.1 Å². The number of nitrogens with one attached hydrogen (secondary N) is 2. The van der Waals surface area contributed by atoms with Gasteiger partial charge in [0.25, 0.3) is 0 Å². The van der Waals surface area contributed by atoms with Gasteiger partial charge in [0.2, 0.25) is 0 Å². The normalized spacial score (nSPS) is 10.9. The maximum Gasteiger partial charge on any atom is 0.341 e. The zero-order valence-electron chi connectivity index (χ0n) is 16.5. The van der Waals surface area contributed by atoms with E-state index in [9.17, 15) is 9.90 Å². The summed E-state index contributed by atoms with van der Waals surface area (Å²) in [6.07, 6.45) is 1.85. The molecule has 0 fully saturated rings. The highest BCUT2D eigenvalue weighted by atomic mass is 16.4. The van der Waals surface area contributed by atoms with Crippen LogP contribution in [0.15, 0.2) is 18.2 Å². The Morgan fingerprint density at radius 2 is 1.65 bits per heavy atom. The molecular weight excluding hydrogens is 326 g/mol. The number of carbonyl (C=O) groups is 1. The van der Waals surface area contributed by atoms with E-state index in [0.717, 1.165) is 35.3 Å². The van der Waals surface area contributed by atoms with E-state index in [4.69, 9.17) is 0 Å². The largest absolute Gasteiger partial charge is 0.477 e. The highest BCUT2D eigenvalue weighted by Crippen LogP contribution is 2.31. The first kappa shape index (κ1) is 19.8. The van der Waals surface area contributed by atoms with Gasteiger partial charge in [-0.3, -0.25) is 0 Å². The number of aromatic nitrogens is 1. The number of aromatic carboxylic acids is 1. The van der Waals surface area contributed by atoms with Crippen molar-refractivity contribution in [1.82, 2.24) is 4.98 Å². The van der Waals surface area contributed by atoms with Crippen LogP contribution >= 0.6 is 0 Å². The van der Waals surface area contributed by atoms with Gasteiger partial charge in [0.1, 0.15) is 11.4 Å². The summed E-state index contributed by atoms with van der Waals surface area (Å²) < 4.78 is 0. The van der Waals surface area contributed by atoms with Gasteiger partial charge < -0.3 is 15.7 Å². The quantitative estimate of drug-likeness (QED) is 0.623. The van der Waals surface area contributed by atoms with Crippen LogP contribution in [-0.4, -0.2) is 22.1 Å². The van der Waals surface area contributed by atoms with Crippen molar-refractivity contribution in [2.24, 2.45) is 0 Å². The van der Waals surface area contributed by atoms with Crippen LogP contribution in [0.3, 0.4) is 0 Å². The fourth-order valence-electron chi connectivity index (χ4n) is 3.30. The molecule has 0 saturated carbocycles. The minimum Gasteiger partial charge on any atom is -0.477 e. The predicted octanol–water partition coefficient (Wildman–Crippen LogP) is 5.36. The summed E-state index contributed by atoms with van der Waals surface area (Å²) in [4.78, 5) is 16.5. The van der Waals surface area contributed by atoms with Gasteiger partial charge in [-0.25, -0.2) is 9.78 Å². The number of rotatable bonds is 7. The van der Waals surface area contributed by atoms with Crippen LogP contribution in [0.4, 0.5) is 17.2 Å². The summed E-state index contributed by atoms with van der Waals surface area (Å²) in [5.41, 5.74) is 5.79. The second-order valence-corrected chi connectivity index (χ2v) is 6.90. The van der Waals surface area contributed by atoms with Crippen LogP contribution < -0.4 is 10.6 Å². The smallest absolute Gasteiger partial charge is 0.341 e. The summed E-state index contributed by atoms with van der Waals surface area (Å²) in [6, 6.07) is 6.19. The Hall–Kier alpha value is -2.56. The molecule has 0 radical (unpaired) electrons. The lowest BCUT2D eigenvalue weighted by atomic mass is 10.0. The minimum absolute atomic E-state index is 0.182. The molecule has 0 aliphatic rings. The molecule has 5 nitrogen and oxygen atoms in total. The molecule has 0 saturated heterocycles. The number of carboxylic acid groups (broad SMARTS) is 1. The molecule has 0 aliphatic heterocycles. The van der Waals surface area contributed by atoms with Crippen LogP contribution in [-0.2, 0) is 0 Å². The molecule has 26 heavy (non-hydrogen) atoms. The van der Waals surface area contributed by atoms with Crippen LogP contribution in [0.2, 0.25) is 0 Å². The number of hydrogen-bond donors (Lipinski definition) is 3. The highest BCUT2D eigenvalue weighted by molar-refractivity contribution is 6.00. The molecular formula is C21H29N3O2. The number of pyridine rings is 1. The number of anilines is 3. The molecule has 3 N–H and O–H groups in total. The maximum absolute atomic E-state index is 12.0. The van der Waals surface area contributed by atoms with Crippen molar-refractivity contribution < 1.29 is 9.90 Å².